The lowest BCUT2D eigenvalue weighted by Gasteiger charge is -2.12. The highest BCUT2D eigenvalue weighted by Gasteiger charge is 2.13. The molecular weight excluding hydrogens is 228 g/mol. The first-order valence-electron chi connectivity index (χ1n) is 6.35. The first kappa shape index (κ1) is 14.7. The lowest BCUT2D eigenvalue weighted by atomic mass is 10.1. The molecule has 0 aliphatic carbocycles. The van der Waals surface area contributed by atoms with Crippen LogP contribution in [0.15, 0.2) is 30.3 Å². The van der Waals surface area contributed by atoms with Gasteiger partial charge in [-0.05, 0) is 31.7 Å². The molecule has 0 bridgehead atoms. The topological polar surface area (TPSA) is 75.3 Å². The van der Waals surface area contributed by atoms with Crippen LogP contribution in [0.5, 0.6) is 0 Å². The number of hydrogen-bond donors (Lipinski definition) is 3. The minimum Gasteiger partial charge on any atom is -0.393 e. The van der Waals surface area contributed by atoms with E-state index < -0.39 is 6.04 Å². The Bertz CT molecular complexity index is 352. The monoisotopic (exact) mass is 250 g/mol. The van der Waals surface area contributed by atoms with Crippen molar-refractivity contribution in [3.8, 4) is 0 Å². The summed E-state index contributed by atoms with van der Waals surface area (Å²) in [5.41, 5.74) is 6.89. The fourth-order valence-corrected chi connectivity index (χ4v) is 1.70. The zero-order chi connectivity index (χ0) is 13.4. The van der Waals surface area contributed by atoms with Crippen molar-refractivity contribution in [2.24, 2.45) is 5.73 Å². The van der Waals surface area contributed by atoms with Crippen molar-refractivity contribution >= 4 is 5.91 Å². The number of aliphatic hydroxyl groups excluding tert-OH is 1. The number of benzene rings is 1. The van der Waals surface area contributed by atoms with Gasteiger partial charge in [-0.2, -0.15) is 0 Å². The molecule has 4 heteroatoms. The second-order valence-corrected chi connectivity index (χ2v) is 4.58. The molecule has 0 aromatic heterocycles. The second-order valence-electron chi connectivity index (χ2n) is 4.58. The third kappa shape index (κ3) is 5.80. The summed E-state index contributed by atoms with van der Waals surface area (Å²) in [4.78, 5) is 11.7. The predicted octanol–water partition coefficient (Wildman–Crippen LogP) is 0.834. The Kier molecular flexibility index (Phi) is 6.39. The van der Waals surface area contributed by atoms with Crippen molar-refractivity contribution in [3.05, 3.63) is 35.9 Å². The Labute approximate surface area is 108 Å². The van der Waals surface area contributed by atoms with E-state index in [2.05, 4.69) is 5.32 Å². The van der Waals surface area contributed by atoms with Crippen LogP contribution in [0.1, 0.15) is 25.3 Å². The quantitative estimate of drug-likeness (QED) is 0.628. The lowest BCUT2D eigenvalue weighted by molar-refractivity contribution is -0.122. The maximum absolute atomic E-state index is 11.7. The third-order valence-electron chi connectivity index (χ3n) is 2.73. The molecule has 18 heavy (non-hydrogen) atoms. The molecule has 0 aliphatic heterocycles. The Hall–Kier alpha value is -1.39. The van der Waals surface area contributed by atoms with Crippen molar-refractivity contribution in [1.82, 2.24) is 5.32 Å². The highest BCUT2D eigenvalue weighted by Crippen LogP contribution is 2.02. The van der Waals surface area contributed by atoms with Crippen molar-refractivity contribution < 1.29 is 9.90 Å². The average molecular weight is 250 g/mol. The van der Waals surface area contributed by atoms with E-state index in [0.717, 1.165) is 12.0 Å². The van der Waals surface area contributed by atoms with Gasteiger partial charge in [0.1, 0.15) is 0 Å². The minimum atomic E-state index is -0.515. The van der Waals surface area contributed by atoms with Gasteiger partial charge in [-0.3, -0.25) is 4.79 Å². The Morgan fingerprint density at radius 2 is 2.06 bits per heavy atom. The zero-order valence-electron chi connectivity index (χ0n) is 10.8. The summed E-state index contributed by atoms with van der Waals surface area (Å²) in [7, 11) is 0. The molecular formula is C14H22N2O2. The Morgan fingerprint density at radius 3 is 2.67 bits per heavy atom. The van der Waals surface area contributed by atoms with Crippen LogP contribution in [0.4, 0.5) is 0 Å². The molecule has 0 aliphatic rings. The molecule has 100 valence electrons. The Balaban J connectivity index is 2.25. The van der Waals surface area contributed by atoms with Crippen molar-refractivity contribution in [2.75, 3.05) is 6.54 Å². The summed E-state index contributed by atoms with van der Waals surface area (Å²) in [5, 5.41) is 11.9. The summed E-state index contributed by atoms with van der Waals surface area (Å²) in [6.45, 7) is 2.30. The van der Waals surface area contributed by atoms with Crippen molar-refractivity contribution in [2.45, 2.75) is 38.3 Å². The number of amides is 1. The molecule has 1 unspecified atom stereocenters. The molecule has 0 heterocycles. The molecule has 0 spiro atoms. The molecule has 1 aromatic carbocycles. The minimum absolute atomic E-state index is 0.135. The van der Waals surface area contributed by atoms with Gasteiger partial charge in [0.2, 0.25) is 5.91 Å². The van der Waals surface area contributed by atoms with E-state index in [9.17, 15) is 4.79 Å². The number of carbonyl (C=O) groups is 1. The van der Waals surface area contributed by atoms with E-state index in [1.807, 2.05) is 30.3 Å². The average Bonchev–Trinajstić information content (AvgIpc) is 2.35. The van der Waals surface area contributed by atoms with E-state index in [0.29, 0.717) is 19.4 Å². The summed E-state index contributed by atoms with van der Waals surface area (Å²) in [5.74, 6) is -0.135. The van der Waals surface area contributed by atoms with Gasteiger partial charge in [0.25, 0.3) is 0 Å². The van der Waals surface area contributed by atoms with Gasteiger partial charge >= 0.3 is 0 Å². The van der Waals surface area contributed by atoms with Gasteiger partial charge in [0.15, 0.2) is 0 Å². The number of aliphatic hydroxyl groups is 1. The number of carbonyl (C=O) groups excluding carboxylic acids is 1. The number of nitrogens with two attached hydrogens (primary N) is 1. The molecule has 1 rings (SSSR count). The van der Waals surface area contributed by atoms with Crippen LogP contribution < -0.4 is 11.1 Å². The fourth-order valence-electron chi connectivity index (χ4n) is 1.70. The standard InChI is InChI=1S/C14H22N2O2/c1-11(17)6-5-9-16-14(18)13(15)10-12-7-3-2-4-8-12/h2-4,7-8,11,13,17H,5-6,9-10,15H2,1H3,(H,16,18)/t11?,13-/m1/s1. The first-order valence-corrected chi connectivity index (χ1v) is 6.35. The molecule has 2 atom stereocenters. The molecule has 4 N–H and O–H groups in total. The van der Waals surface area contributed by atoms with Crippen LogP contribution in [-0.2, 0) is 11.2 Å². The molecule has 0 saturated carbocycles. The molecule has 0 fully saturated rings. The summed E-state index contributed by atoms with van der Waals surface area (Å²) >= 11 is 0. The third-order valence-corrected chi connectivity index (χ3v) is 2.73. The van der Waals surface area contributed by atoms with Gasteiger partial charge in [0.05, 0.1) is 12.1 Å². The maximum atomic E-state index is 11.7. The highest BCUT2D eigenvalue weighted by atomic mass is 16.3. The van der Waals surface area contributed by atoms with Crippen molar-refractivity contribution in [1.29, 1.82) is 0 Å². The first-order chi connectivity index (χ1) is 8.59. The van der Waals surface area contributed by atoms with E-state index in [4.69, 9.17) is 10.8 Å². The number of rotatable bonds is 7. The summed E-state index contributed by atoms with van der Waals surface area (Å²) < 4.78 is 0. The van der Waals surface area contributed by atoms with Gasteiger partial charge < -0.3 is 16.2 Å². The predicted molar refractivity (Wildman–Crippen MR) is 72.0 cm³/mol. The van der Waals surface area contributed by atoms with E-state index in [1.54, 1.807) is 6.92 Å². The lowest BCUT2D eigenvalue weighted by Crippen LogP contribution is -2.42. The molecule has 4 nitrogen and oxygen atoms in total. The molecule has 1 amide bonds. The van der Waals surface area contributed by atoms with Gasteiger partial charge in [-0.25, -0.2) is 0 Å². The summed E-state index contributed by atoms with van der Waals surface area (Å²) in [6, 6.07) is 9.20. The largest absolute Gasteiger partial charge is 0.393 e. The molecule has 0 saturated heterocycles. The zero-order valence-corrected chi connectivity index (χ0v) is 10.8. The van der Waals surface area contributed by atoms with Crippen LogP contribution in [0, 0.1) is 0 Å². The van der Waals surface area contributed by atoms with E-state index in [-0.39, 0.29) is 12.0 Å². The van der Waals surface area contributed by atoms with E-state index >= 15 is 0 Å². The Morgan fingerprint density at radius 1 is 1.39 bits per heavy atom. The summed E-state index contributed by atoms with van der Waals surface area (Å²) in [6.07, 6.45) is 1.68. The van der Waals surface area contributed by atoms with Gasteiger partial charge in [-0.1, -0.05) is 30.3 Å². The van der Waals surface area contributed by atoms with Crippen LogP contribution in [0.25, 0.3) is 0 Å². The molecule has 1 aromatic rings. The normalized spacial score (nSPS) is 13.9. The van der Waals surface area contributed by atoms with Crippen LogP contribution >= 0.6 is 0 Å². The smallest absolute Gasteiger partial charge is 0.237 e. The SMILES string of the molecule is CC(O)CCCNC(=O)[C@H](N)Cc1ccccc1. The molecule has 0 radical (unpaired) electrons. The fraction of sp³-hybridized carbons (Fsp3) is 0.500. The van der Waals surface area contributed by atoms with Gasteiger partial charge in [-0.15, -0.1) is 0 Å². The van der Waals surface area contributed by atoms with Crippen LogP contribution in [0.3, 0.4) is 0 Å². The highest BCUT2D eigenvalue weighted by molar-refractivity contribution is 5.81. The maximum Gasteiger partial charge on any atom is 0.237 e. The van der Waals surface area contributed by atoms with Crippen molar-refractivity contribution in [3.63, 3.8) is 0 Å². The second kappa shape index (κ2) is 7.84. The van der Waals surface area contributed by atoms with Gasteiger partial charge in [0, 0.05) is 6.54 Å². The van der Waals surface area contributed by atoms with E-state index in [1.165, 1.54) is 0 Å². The number of hydrogen-bond acceptors (Lipinski definition) is 3. The van der Waals surface area contributed by atoms with Crippen LogP contribution in [0.2, 0.25) is 0 Å². The number of nitrogens with one attached hydrogen (secondary N) is 1. The van der Waals surface area contributed by atoms with Crippen LogP contribution in [-0.4, -0.2) is 29.7 Å².